The molecule has 3 nitrogen and oxygen atoms in total. The Kier molecular flexibility index (Phi) is 2.12. The van der Waals surface area contributed by atoms with E-state index in [0.717, 1.165) is 6.92 Å². The Hall–Kier alpha value is -0.930. The lowest BCUT2D eigenvalue weighted by molar-refractivity contribution is -0.149. The van der Waals surface area contributed by atoms with Gasteiger partial charge in [-0.3, -0.25) is 9.59 Å². The Labute approximate surface area is 45.1 Å². The van der Waals surface area contributed by atoms with Gasteiger partial charge in [0.2, 0.25) is 0 Å². The normalized spacial score (nSPS) is 12.8. The summed E-state index contributed by atoms with van der Waals surface area (Å²) in [7, 11) is 0. The van der Waals surface area contributed by atoms with Gasteiger partial charge in [-0.05, 0) is 6.92 Å². The molecule has 0 aliphatic rings. The molecule has 4 heteroatoms. The smallest absolute Gasteiger partial charge is 0.316 e. The summed E-state index contributed by atoms with van der Waals surface area (Å²) < 4.78 is 11.3. The summed E-state index contributed by atoms with van der Waals surface area (Å²) in [6, 6.07) is -1.81. The van der Waals surface area contributed by atoms with E-state index in [1.165, 1.54) is 0 Å². The summed E-state index contributed by atoms with van der Waals surface area (Å²) in [4.78, 5) is 19.2. The van der Waals surface area contributed by atoms with Crippen LogP contribution in [0.5, 0.6) is 0 Å². The lowest BCUT2D eigenvalue weighted by Gasteiger charge is -1.92. The van der Waals surface area contributed by atoms with Crippen LogP contribution in [-0.4, -0.2) is 17.1 Å². The molecule has 0 radical (unpaired) electrons. The van der Waals surface area contributed by atoms with E-state index in [1.807, 2.05) is 0 Å². The van der Waals surface area contributed by atoms with Crippen LogP contribution in [0.25, 0.3) is 0 Å². The first-order chi connectivity index (χ1) is 3.55. The number of carbonyl (C=O) groups is 2. The largest absolute Gasteiger partial charge is 0.481 e. The van der Waals surface area contributed by atoms with Crippen molar-refractivity contribution in [2.75, 3.05) is 0 Å². The first-order valence-electron chi connectivity index (χ1n) is 1.98. The minimum Gasteiger partial charge on any atom is -0.481 e. The molecule has 0 bridgehead atoms. The zero-order valence-electron chi connectivity index (χ0n) is 4.22. The summed E-state index contributed by atoms with van der Waals surface area (Å²) in [5.74, 6) is -2.95. The third-order valence-electron chi connectivity index (χ3n) is 0.711. The number of rotatable bonds is 2. The third-order valence-corrected chi connectivity index (χ3v) is 0.711. The molecule has 8 heavy (non-hydrogen) atoms. The van der Waals surface area contributed by atoms with Gasteiger partial charge in [0, 0.05) is 0 Å². The number of carboxylic acid groups (broad SMARTS) is 1. The van der Waals surface area contributed by atoms with E-state index in [0.29, 0.717) is 0 Å². The molecule has 0 saturated heterocycles. The first-order valence-corrected chi connectivity index (χ1v) is 1.98. The van der Waals surface area contributed by atoms with Crippen molar-refractivity contribution in [3.8, 4) is 0 Å². The zero-order valence-corrected chi connectivity index (χ0v) is 4.22. The Morgan fingerprint density at radius 2 is 2.00 bits per heavy atom. The molecule has 0 fully saturated rings. The summed E-state index contributed by atoms with van der Waals surface area (Å²) in [5.41, 5.74) is 0. The van der Waals surface area contributed by atoms with Crippen molar-refractivity contribution in [2.24, 2.45) is 5.92 Å². The van der Waals surface area contributed by atoms with Gasteiger partial charge in [0.1, 0.15) is 5.92 Å². The van der Waals surface area contributed by atoms with Gasteiger partial charge in [-0.15, -0.1) is 0 Å². The lowest BCUT2D eigenvalue weighted by Crippen LogP contribution is -2.16. The van der Waals surface area contributed by atoms with Gasteiger partial charge in [0.05, 0.1) is 0 Å². The molecule has 0 aromatic rings. The van der Waals surface area contributed by atoms with E-state index in [1.54, 1.807) is 0 Å². The highest BCUT2D eigenvalue weighted by Crippen LogP contribution is 1.95. The van der Waals surface area contributed by atoms with Crippen LogP contribution in [-0.2, 0) is 9.59 Å². The van der Waals surface area contributed by atoms with E-state index in [9.17, 15) is 14.0 Å². The standard InChI is InChI=1S/C4H5FO3/c1-2(3(5)6)4(7)8/h2H,1H3,(H,7,8). The zero-order chi connectivity index (χ0) is 6.73. The third kappa shape index (κ3) is 1.68. The van der Waals surface area contributed by atoms with Crippen LogP contribution in [0.4, 0.5) is 4.39 Å². The van der Waals surface area contributed by atoms with Crippen LogP contribution < -0.4 is 0 Å². The molecular weight excluding hydrogens is 115 g/mol. The summed E-state index contributed by atoms with van der Waals surface area (Å²) in [5, 5.41) is 7.89. The number of aliphatic carboxylic acids is 1. The topological polar surface area (TPSA) is 54.4 Å². The highest BCUT2D eigenvalue weighted by Gasteiger charge is 2.18. The van der Waals surface area contributed by atoms with Crippen LogP contribution in [0.2, 0.25) is 0 Å². The maximum atomic E-state index is 11.3. The van der Waals surface area contributed by atoms with Gasteiger partial charge in [0.15, 0.2) is 0 Å². The lowest BCUT2D eigenvalue weighted by atomic mass is 10.2. The number of carboxylic acids is 1. The van der Waals surface area contributed by atoms with Gasteiger partial charge < -0.3 is 5.11 Å². The van der Waals surface area contributed by atoms with Crippen LogP contribution in [0.1, 0.15) is 6.92 Å². The quantitative estimate of drug-likeness (QED) is 0.418. The molecule has 0 spiro atoms. The van der Waals surface area contributed by atoms with Crippen molar-refractivity contribution in [2.45, 2.75) is 6.92 Å². The Bertz CT molecular complexity index is 106. The average molecular weight is 120 g/mol. The first kappa shape index (κ1) is 7.07. The minimum atomic E-state index is -1.81. The number of carbonyl (C=O) groups excluding carboxylic acids is 1. The molecule has 1 N–H and O–H groups in total. The molecule has 0 aliphatic heterocycles. The fourth-order valence-electron chi connectivity index (χ4n) is 0.0971. The molecule has 46 valence electrons. The number of halogens is 1. The number of hydrogen-bond donors (Lipinski definition) is 1. The van der Waals surface area contributed by atoms with Crippen LogP contribution in [0.3, 0.4) is 0 Å². The fourth-order valence-corrected chi connectivity index (χ4v) is 0.0971. The minimum absolute atomic E-state index is 0.991. The van der Waals surface area contributed by atoms with Gasteiger partial charge in [-0.2, -0.15) is 4.39 Å². The predicted octanol–water partition coefficient (Wildman–Crippen LogP) is 0.203. The second kappa shape index (κ2) is 2.40. The molecule has 0 heterocycles. The highest BCUT2D eigenvalue weighted by molar-refractivity contribution is 5.92. The van der Waals surface area contributed by atoms with Gasteiger partial charge in [-0.25, -0.2) is 0 Å². The molecule has 0 rings (SSSR count). The van der Waals surface area contributed by atoms with E-state index >= 15 is 0 Å². The molecule has 0 amide bonds. The molecule has 0 aromatic heterocycles. The predicted molar refractivity (Wildman–Crippen MR) is 22.9 cm³/mol. The van der Waals surface area contributed by atoms with E-state index < -0.39 is 17.9 Å². The molecule has 0 aromatic carbocycles. The number of hydrogen-bond acceptors (Lipinski definition) is 2. The van der Waals surface area contributed by atoms with Crippen molar-refractivity contribution < 1.29 is 19.1 Å². The molecular formula is C4H5FO3. The SMILES string of the molecule is CC(C(=O)O)C(=O)F. The average Bonchev–Trinajstić information content (AvgIpc) is 1.64. The molecule has 1 unspecified atom stereocenters. The monoisotopic (exact) mass is 120 g/mol. The van der Waals surface area contributed by atoms with Crippen LogP contribution in [0.15, 0.2) is 0 Å². The van der Waals surface area contributed by atoms with Crippen molar-refractivity contribution in [3.05, 3.63) is 0 Å². The van der Waals surface area contributed by atoms with Gasteiger partial charge in [0.25, 0.3) is 0 Å². The van der Waals surface area contributed by atoms with Gasteiger partial charge >= 0.3 is 12.0 Å². The molecule has 1 atom stereocenters. The summed E-state index contributed by atoms with van der Waals surface area (Å²) in [6.07, 6.45) is 0. The van der Waals surface area contributed by atoms with Gasteiger partial charge in [-0.1, -0.05) is 0 Å². The van der Waals surface area contributed by atoms with Crippen molar-refractivity contribution in [1.29, 1.82) is 0 Å². The molecule has 0 saturated carbocycles. The Balaban J connectivity index is 3.83. The van der Waals surface area contributed by atoms with E-state index in [4.69, 9.17) is 5.11 Å². The van der Waals surface area contributed by atoms with Crippen molar-refractivity contribution in [3.63, 3.8) is 0 Å². The second-order valence-electron chi connectivity index (χ2n) is 1.36. The van der Waals surface area contributed by atoms with Crippen molar-refractivity contribution in [1.82, 2.24) is 0 Å². The van der Waals surface area contributed by atoms with Crippen LogP contribution in [0, 0.1) is 5.92 Å². The highest BCUT2D eigenvalue weighted by atomic mass is 19.1. The summed E-state index contributed by atoms with van der Waals surface area (Å²) >= 11 is 0. The Morgan fingerprint density at radius 3 is 2.00 bits per heavy atom. The van der Waals surface area contributed by atoms with E-state index in [-0.39, 0.29) is 0 Å². The summed E-state index contributed by atoms with van der Waals surface area (Å²) in [6.45, 7) is 0.991. The maximum Gasteiger partial charge on any atom is 0.316 e. The second-order valence-corrected chi connectivity index (χ2v) is 1.36. The Morgan fingerprint density at radius 1 is 1.62 bits per heavy atom. The maximum absolute atomic E-state index is 11.3. The van der Waals surface area contributed by atoms with E-state index in [2.05, 4.69) is 0 Å². The molecule has 0 aliphatic carbocycles. The van der Waals surface area contributed by atoms with Crippen molar-refractivity contribution >= 4 is 12.0 Å². The van der Waals surface area contributed by atoms with Crippen LogP contribution >= 0.6 is 0 Å². The fraction of sp³-hybridized carbons (Fsp3) is 0.500.